The highest BCUT2D eigenvalue weighted by atomic mass is 16.5. The van der Waals surface area contributed by atoms with Gasteiger partial charge in [0.1, 0.15) is 0 Å². The van der Waals surface area contributed by atoms with Crippen molar-refractivity contribution in [3.8, 4) is 0 Å². The van der Waals surface area contributed by atoms with Gasteiger partial charge in [-0.05, 0) is 25.2 Å². The second-order valence-corrected chi connectivity index (χ2v) is 5.01. The summed E-state index contributed by atoms with van der Waals surface area (Å²) in [6.45, 7) is 3.51. The van der Waals surface area contributed by atoms with E-state index in [1.807, 2.05) is 0 Å². The van der Waals surface area contributed by atoms with E-state index in [-0.39, 0.29) is 17.9 Å². The Labute approximate surface area is 96.6 Å². The fourth-order valence-electron chi connectivity index (χ4n) is 2.65. The van der Waals surface area contributed by atoms with Gasteiger partial charge in [0.15, 0.2) is 5.60 Å². The van der Waals surface area contributed by atoms with Gasteiger partial charge >= 0.3 is 5.97 Å². The Kier molecular flexibility index (Phi) is 4.33. The first-order valence-corrected chi connectivity index (χ1v) is 5.91. The lowest BCUT2D eigenvalue weighted by Crippen LogP contribution is -2.52. The summed E-state index contributed by atoms with van der Waals surface area (Å²) >= 11 is 0. The topological polar surface area (TPSA) is 66.8 Å². The molecule has 0 radical (unpaired) electrons. The van der Waals surface area contributed by atoms with Crippen molar-refractivity contribution in [2.45, 2.75) is 51.2 Å². The second kappa shape index (κ2) is 5.15. The minimum atomic E-state index is -1.61. The quantitative estimate of drug-likeness (QED) is 0.771. The van der Waals surface area contributed by atoms with Crippen LogP contribution in [0.3, 0.4) is 0 Å². The molecule has 4 nitrogen and oxygen atoms in total. The van der Waals surface area contributed by atoms with Gasteiger partial charge in [-0.15, -0.1) is 0 Å². The monoisotopic (exact) mass is 230 g/mol. The Bertz CT molecular complexity index is 251. The molecule has 1 saturated carbocycles. The number of rotatable bonds is 4. The molecule has 0 spiro atoms. The number of hydrogen-bond donors (Lipinski definition) is 2. The van der Waals surface area contributed by atoms with E-state index in [2.05, 4.69) is 0 Å². The van der Waals surface area contributed by atoms with E-state index in [9.17, 15) is 15.0 Å². The van der Waals surface area contributed by atoms with Crippen molar-refractivity contribution in [3.05, 3.63) is 0 Å². The first-order valence-electron chi connectivity index (χ1n) is 5.91. The SMILES string of the molecule is COC1CCCC(C(O)(C(=O)O)C(C)C)C1. The van der Waals surface area contributed by atoms with Crippen LogP contribution >= 0.6 is 0 Å². The van der Waals surface area contributed by atoms with Gasteiger partial charge in [0.2, 0.25) is 0 Å². The zero-order valence-corrected chi connectivity index (χ0v) is 10.3. The maximum atomic E-state index is 11.3. The molecular weight excluding hydrogens is 208 g/mol. The Morgan fingerprint density at radius 3 is 2.50 bits per heavy atom. The lowest BCUT2D eigenvalue weighted by Gasteiger charge is -2.40. The first kappa shape index (κ1) is 13.5. The molecule has 2 N–H and O–H groups in total. The van der Waals surface area contributed by atoms with E-state index >= 15 is 0 Å². The maximum Gasteiger partial charge on any atom is 0.336 e. The van der Waals surface area contributed by atoms with Crippen LogP contribution in [0.1, 0.15) is 39.5 Å². The van der Waals surface area contributed by atoms with Crippen LogP contribution in [0.25, 0.3) is 0 Å². The Morgan fingerprint density at radius 2 is 2.06 bits per heavy atom. The van der Waals surface area contributed by atoms with Gasteiger partial charge in [-0.3, -0.25) is 0 Å². The van der Waals surface area contributed by atoms with Crippen molar-refractivity contribution in [2.75, 3.05) is 7.11 Å². The summed E-state index contributed by atoms with van der Waals surface area (Å²) in [4.78, 5) is 11.3. The molecule has 0 aromatic rings. The highest BCUT2D eigenvalue weighted by Crippen LogP contribution is 2.38. The van der Waals surface area contributed by atoms with Crippen LogP contribution in [0.4, 0.5) is 0 Å². The smallest absolute Gasteiger partial charge is 0.336 e. The molecule has 1 aliphatic carbocycles. The van der Waals surface area contributed by atoms with Crippen molar-refractivity contribution >= 4 is 5.97 Å². The average molecular weight is 230 g/mol. The predicted octanol–water partition coefficient (Wildman–Crippen LogP) is 1.66. The molecule has 94 valence electrons. The second-order valence-electron chi connectivity index (χ2n) is 5.01. The van der Waals surface area contributed by atoms with Crippen LogP contribution in [0, 0.1) is 11.8 Å². The number of carbonyl (C=O) groups is 1. The molecule has 0 aliphatic heterocycles. The number of methoxy groups -OCH3 is 1. The summed E-state index contributed by atoms with van der Waals surface area (Å²) in [5.74, 6) is -1.60. The van der Waals surface area contributed by atoms with Crippen LogP contribution in [0.2, 0.25) is 0 Å². The number of hydrogen-bond acceptors (Lipinski definition) is 3. The minimum absolute atomic E-state index is 0.0865. The van der Waals surface area contributed by atoms with Gasteiger partial charge in [-0.1, -0.05) is 20.3 Å². The summed E-state index contributed by atoms with van der Waals surface area (Å²) in [5.41, 5.74) is -1.61. The molecule has 1 rings (SSSR count). The highest BCUT2D eigenvalue weighted by molar-refractivity contribution is 5.78. The molecule has 3 atom stereocenters. The van der Waals surface area contributed by atoms with E-state index in [4.69, 9.17) is 4.74 Å². The fourth-order valence-corrected chi connectivity index (χ4v) is 2.65. The van der Waals surface area contributed by atoms with Crippen molar-refractivity contribution in [2.24, 2.45) is 11.8 Å². The maximum absolute atomic E-state index is 11.3. The Balaban J connectivity index is 2.83. The molecule has 0 aromatic carbocycles. The molecule has 4 heteroatoms. The van der Waals surface area contributed by atoms with E-state index < -0.39 is 11.6 Å². The van der Waals surface area contributed by atoms with E-state index in [0.29, 0.717) is 6.42 Å². The van der Waals surface area contributed by atoms with Crippen LogP contribution < -0.4 is 0 Å². The lowest BCUT2D eigenvalue weighted by atomic mass is 9.71. The van der Waals surface area contributed by atoms with Gasteiger partial charge in [-0.2, -0.15) is 0 Å². The fraction of sp³-hybridized carbons (Fsp3) is 0.917. The first-order chi connectivity index (χ1) is 7.42. The van der Waals surface area contributed by atoms with E-state index in [0.717, 1.165) is 19.3 Å². The number of carboxylic acids is 1. The van der Waals surface area contributed by atoms with Gasteiger partial charge in [0.05, 0.1) is 6.10 Å². The van der Waals surface area contributed by atoms with Crippen LogP contribution in [-0.2, 0) is 9.53 Å². The number of aliphatic hydroxyl groups is 1. The molecule has 1 aliphatic rings. The lowest BCUT2D eigenvalue weighted by molar-refractivity contribution is -0.176. The Hall–Kier alpha value is -0.610. The van der Waals surface area contributed by atoms with Crippen molar-refractivity contribution in [1.82, 2.24) is 0 Å². The van der Waals surface area contributed by atoms with E-state index in [1.165, 1.54) is 0 Å². The van der Waals surface area contributed by atoms with Crippen molar-refractivity contribution < 1.29 is 19.7 Å². The summed E-state index contributed by atoms with van der Waals surface area (Å²) in [6.07, 6.45) is 3.37. The number of ether oxygens (including phenoxy) is 1. The largest absolute Gasteiger partial charge is 0.479 e. The van der Waals surface area contributed by atoms with Crippen LogP contribution in [-0.4, -0.2) is 35.0 Å². The molecule has 0 aromatic heterocycles. The number of aliphatic carboxylic acids is 1. The molecule has 0 bridgehead atoms. The molecule has 0 saturated heterocycles. The van der Waals surface area contributed by atoms with Gasteiger partial charge in [0.25, 0.3) is 0 Å². The molecule has 3 unspecified atom stereocenters. The summed E-state index contributed by atoms with van der Waals surface area (Å²) < 4.78 is 5.27. The standard InChI is InChI=1S/C12H22O4/c1-8(2)12(15,11(13)14)9-5-4-6-10(7-9)16-3/h8-10,15H,4-7H2,1-3H3,(H,13,14). The van der Waals surface area contributed by atoms with Crippen molar-refractivity contribution in [1.29, 1.82) is 0 Å². The molecule has 0 heterocycles. The molecule has 1 fully saturated rings. The summed E-state index contributed by atoms with van der Waals surface area (Å²) in [6, 6.07) is 0. The summed E-state index contributed by atoms with van der Waals surface area (Å²) in [7, 11) is 1.64. The molecule has 16 heavy (non-hydrogen) atoms. The molecule has 0 amide bonds. The summed E-state index contributed by atoms with van der Waals surface area (Å²) in [5, 5.41) is 19.6. The van der Waals surface area contributed by atoms with Gasteiger partial charge in [0, 0.05) is 13.0 Å². The highest BCUT2D eigenvalue weighted by Gasteiger charge is 2.48. The van der Waals surface area contributed by atoms with E-state index in [1.54, 1.807) is 21.0 Å². The van der Waals surface area contributed by atoms with Crippen LogP contribution in [0.15, 0.2) is 0 Å². The third-order valence-corrected chi connectivity index (χ3v) is 3.80. The average Bonchev–Trinajstić information content (AvgIpc) is 2.27. The van der Waals surface area contributed by atoms with Gasteiger partial charge < -0.3 is 14.9 Å². The Morgan fingerprint density at radius 1 is 1.44 bits per heavy atom. The zero-order valence-electron chi connectivity index (χ0n) is 10.3. The van der Waals surface area contributed by atoms with Gasteiger partial charge in [-0.25, -0.2) is 4.79 Å². The third-order valence-electron chi connectivity index (χ3n) is 3.80. The molecular formula is C12H22O4. The van der Waals surface area contributed by atoms with Crippen LogP contribution in [0.5, 0.6) is 0 Å². The number of carboxylic acid groups (broad SMARTS) is 1. The third kappa shape index (κ3) is 2.38. The normalized spacial score (nSPS) is 30.1. The predicted molar refractivity (Wildman–Crippen MR) is 60.2 cm³/mol. The van der Waals surface area contributed by atoms with Crippen molar-refractivity contribution in [3.63, 3.8) is 0 Å². The zero-order chi connectivity index (χ0) is 12.3. The minimum Gasteiger partial charge on any atom is -0.479 e.